The van der Waals surface area contributed by atoms with Crippen LogP contribution in [0.1, 0.15) is 11.3 Å². The van der Waals surface area contributed by atoms with Crippen LogP contribution in [0.2, 0.25) is 0 Å². The van der Waals surface area contributed by atoms with Crippen molar-refractivity contribution < 1.29 is 17.9 Å². The third-order valence-electron chi connectivity index (χ3n) is 1.73. The van der Waals surface area contributed by atoms with Crippen molar-refractivity contribution in [1.82, 2.24) is 4.98 Å². The van der Waals surface area contributed by atoms with Crippen LogP contribution in [0.3, 0.4) is 0 Å². The molecule has 0 bridgehead atoms. The average molecular weight is 377 g/mol. The van der Waals surface area contributed by atoms with E-state index in [0.717, 1.165) is 0 Å². The smallest absolute Gasteiger partial charge is 0.404 e. The summed E-state index contributed by atoms with van der Waals surface area (Å²) in [5, 5.41) is 8.51. The Morgan fingerprint density at radius 2 is 2.18 bits per heavy atom. The number of nitriles is 1. The molecular weight excluding hydrogens is 371 g/mol. The molecule has 0 saturated carbocycles. The van der Waals surface area contributed by atoms with Gasteiger partial charge in [-0.15, -0.1) is 24.8 Å². The van der Waals surface area contributed by atoms with E-state index in [1.165, 1.54) is 6.20 Å². The summed E-state index contributed by atoms with van der Waals surface area (Å²) in [5.41, 5.74) is 0.372. The van der Waals surface area contributed by atoms with Crippen molar-refractivity contribution in [3.05, 3.63) is 21.0 Å². The highest BCUT2D eigenvalue weighted by Gasteiger charge is 2.33. The van der Waals surface area contributed by atoms with E-state index in [1.807, 2.05) is 6.07 Å². The number of nitrogens with zero attached hydrogens (tertiary/aromatic N) is 2. The number of ether oxygens (including phenoxy) is 1. The quantitative estimate of drug-likeness (QED) is 0.600. The fourth-order valence-corrected chi connectivity index (χ4v) is 2.04. The lowest BCUT2D eigenvalue weighted by Gasteiger charge is -2.14. The van der Waals surface area contributed by atoms with Crippen LogP contribution >= 0.6 is 34.2 Å². The van der Waals surface area contributed by atoms with Gasteiger partial charge in [0.25, 0.3) is 0 Å². The van der Waals surface area contributed by atoms with E-state index in [4.69, 9.17) is 16.9 Å². The highest BCUT2D eigenvalue weighted by atomic mass is 127. The maximum atomic E-state index is 12.2. The molecule has 0 aliphatic rings. The van der Waals surface area contributed by atoms with E-state index in [0.29, 0.717) is 0 Å². The van der Waals surface area contributed by atoms with Gasteiger partial charge in [0.1, 0.15) is 0 Å². The predicted molar refractivity (Wildman–Crippen MR) is 62.5 cm³/mol. The summed E-state index contributed by atoms with van der Waals surface area (Å²) in [6.07, 6.45) is -3.70. The van der Waals surface area contributed by atoms with Gasteiger partial charge in [-0.1, -0.05) is 0 Å². The topological polar surface area (TPSA) is 45.9 Å². The maximum absolute atomic E-state index is 12.2. The van der Waals surface area contributed by atoms with Gasteiger partial charge in [0.2, 0.25) is 0 Å². The largest absolute Gasteiger partial charge is 0.573 e. The third-order valence-corrected chi connectivity index (χ3v) is 3.13. The fourth-order valence-electron chi connectivity index (χ4n) is 1.06. The highest BCUT2D eigenvalue weighted by Crippen LogP contribution is 2.33. The molecule has 1 rings (SSSR count). The van der Waals surface area contributed by atoms with Gasteiger partial charge in [0, 0.05) is 11.8 Å². The first-order valence-corrected chi connectivity index (χ1v) is 5.85. The third kappa shape index (κ3) is 3.89. The van der Waals surface area contributed by atoms with Crippen LogP contribution in [-0.2, 0) is 12.3 Å². The molecule has 0 amide bonds. The molecule has 0 radical (unpaired) electrons. The average Bonchev–Trinajstić information content (AvgIpc) is 2.23. The lowest BCUT2D eigenvalue weighted by atomic mass is 10.2. The van der Waals surface area contributed by atoms with E-state index < -0.39 is 6.36 Å². The molecule has 0 unspecified atom stereocenters. The highest BCUT2D eigenvalue weighted by molar-refractivity contribution is 14.1. The summed E-state index contributed by atoms with van der Waals surface area (Å²) >= 11 is 7.16. The number of hydrogen-bond acceptors (Lipinski definition) is 3. The zero-order chi connectivity index (χ0) is 13.1. The first-order valence-electron chi connectivity index (χ1n) is 4.24. The summed E-state index contributed by atoms with van der Waals surface area (Å²) < 4.78 is 40.7. The lowest BCUT2D eigenvalue weighted by molar-refractivity contribution is -0.275. The minimum Gasteiger partial charge on any atom is -0.404 e. The number of rotatable bonds is 3. The number of aromatic nitrogens is 1. The molecular formula is C9H5ClF3IN2O. The molecule has 0 saturated heterocycles. The number of alkyl halides is 4. The first-order chi connectivity index (χ1) is 7.89. The lowest BCUT2D eigenvalue weighted by Crippen LogP contribution is -2.19. The molecule has 0 aliphatic heterocycles. The van der Waals surface area contributed by atoms with Crippen molar-refractivity contribution in [3.8, 4) is 11.8 Å². The molecule has 92 valence electrons. The maximum Gasteiger partial charge on any atom is 0.573 e. The molecule has 0 spiro atoms. The Hall–Kier alpha value is -0.750. The summed E-state index contributed by atoms with van der Waals surface area (Å²) in [5.74, 6) is -0.533. The van der Waals surface area contributed by atoms with Crippen LogP contribution in [0.4, 0.5) is 13.2 Å². The van der Waals surface area contributed by atoms with Crippen LogP contribution in [0.5, 0.6) is 5.75 Å². The second-order valence-electron chi connectivity index (χ2n) is 2.89. The molecule has 3 nitrogen and oxygen atoms in total. The van der Waals surface area contributed by atoms with Crippen LogP contribution in [-0.4, -0.2) is 11.3 Å². The SMILES string of the molecule is N#CCc1ncc(CCl)c(OC(F)(F)F)c1I. The van der Waals surface area contributed by atoms with E-state index in [2.05, 4.69) is 9.72 Å². The van der Waals surface area contributed by atoms with Crippen LogP contribution in [0, 0.1) is 14.9 Å². The van der Waals surface area contributed by atoms with Gasteiger partial charge >= 0.3 is 6.36 Å². The van der Waals surface area contributed by atoms with E-state index in [9.17, 15) is 13.2 Å². The van der Waals surface area contributed by atoms with Crippen molar-refractivity contribution >= 4 is 34.2 Å². The Labute approximate surface area is 114 Å². The molecule has 1 heterocycles. The Morgan fingerprint density at radius 1 is 1.53 bits per heavy atom. The van der Waals surface area contributed by atoms with Gasteiger partial charge in [-0.05, 0) is 22.6 Å². The van der Waals surface area contributed by atoms with Gasteiger partial charge < -0.3 is 4.74 Å². The predicted octanol–water partition coefficient (Wildman–Crippen LogP) is 3.39. The Bertz CT molecular complexity index is 459. The normalized spacial score (nSPS) is 11.1. The molecule has 17 heavy (non-hydrogen) atoms. The molecule has 0 atom stereocenters. The molecule has 1 aromatic heterocycles. The minimum absolute atomic E-state index is 0.0882. The summed E-state index contributed by atoms with van der Waals surface area (Å²) in [4.78, 5) is 3.87. The van der Waals surface area contributed by atoms with Crippen molar-refractivity contribution in [2.24, 2.45) is 0 Å². The van der Waals surface area contributed by atoms with Crippen molar-refractivity contribution in [3.63, 3.8) is 0 Å². The molecule has 0 fully saturated rings. The zero-order valence-corrected chi connectivity index (χ0v) is 11.1. The summed E-state index contributed by atoms with van der Waals surface area (Å²) in [6.45, 7) is 0. The van der Waals surface area contributed by atoms with E-state index in [-0.39, 0.29) is 32.9 Å². The van der Waals surface area contributed by atoms with Crippen molar-refractivity contribution in [2.75, 3.05) is 0 Å². The van der Waals surface area contributed by atoms with E-state index >= 15 is 0 Å². The van der Waals surface area contributed by atoms with Crippen LogP contribution < -0.4 is 4.74 Å². The number of hydrogen-bond donors (Lipinski definition) is 0. The minimum atomic E-state index is -4.80. The Kier molecular flexibility index (Phi) is 4.82. The van der Waals surface area contributed by atoms with Crippen molar-refractivity contribution in [2.45, 2.75) is 18.7 Å². The van der Waals surface area contributed by atoms with Crippen LogP contribution in [0.15, 0.2) is 6.20 Å². The van der Waals surface area contributed by atoms with Crippen molar-refractivity contribution in [1.29, 1.82) is 5.26 Å². The molecule has 8 heteroatoms. The second-order valence-corrected chi connectivity index (χ2v) is 4.24. The first kappa shape index (κ1) is 14.3. The van der Waals surface area contributed by atoms with Gasteiger partial charge in [0.05, 0.1) is 27.6 Å². The Morgan fingerprint density at radius 3 is 2.65 bits per heavy atom. The monoisotopic (exact) mass is 376 g/mol. The standard InChI is InChI=1S/C9H5ClF3IN2O/c10-3-5-4-16-6(1-2-15)7(14)8(5)17-9(11,12)13/h4H,1,3H2. The Balaban J connectivity index is 3.23. The van der Waals surface area contributed by atoms with Gasteiger partial charge in [0.15, 0.2) is 5.75 Å². The molecule has 0 aliphatic carbocycles. The van der Waals surface area contributed by atoms with Gasteiger partial charge in [-0.25, -0.2) is 0 Å². The van der Waals surface area contributed by atoms with Gasteiger partial charge in [-0.2, -0.15) is 5.26 Å². The van der Waals surface area contributed by atoms with E-state index in [1.54, 1.807) is 22.6 Å². The summed E-state index contributed by atoms with van der Waals surface area (Å²) in [6, 6.07) is 1.82. The molecule has 0 N–H and O–H groups in total. The fraction of sp³-hybridized carbons (Fsp3) is 0.333. The van der Waals surface area contributed by atoms with Crippen LogP contribution in [0.25, 0.3) is 0 Å². The number of halogens is 5. The molecule has 0 aromatic carbocycles. The zero-order valence-electron chi connectivity index (χ0n) is 8.18. The van der Waals surface area contributed by atoms with Gasteiger partial charge in [-0.3, -0.25) is 4.98 Å². The second kappa shape index (κ2) is 5.73. The molecule has 1 aromatic rings. The summed E-state index contributed by atoms with van der Waals surface area (Å²) in [7, 11) is 0. The number of pyridine rings is 1.